The zero-order valence-corrected chi connectivity index (χ0v) is 12.3. The van der Waals surface area contributed by atoms with Crippen molar-refractivity contribution in [2.75, 3.05) is 12.3 Å². The molecule has 4 nitrogen and oxygen atoms in total. The molecule has 0 saturated carbocycles. The molecular weight excluding hydrogens is 264 g/mol. The Morgan fingerprint density at radius 2 is 2.00 bits per heavy atom. The Morgan fingerprint density at radius 1 is 1.24 bits per heavy atom. The van der Waals surface area contributed by atoms with Gasteiger partial charge in [0.05, 0.1) is 6.61 Å². The van der Waals surface area contributed by atoms with Crippen LogP contribution in [0.1, 0.15) is 28.4 Å². The molecule has 2 aromatic rings. The molecule has 1 amide bonds. The molecular formula is C17H20N2O2. The summed E-state index contributed by atoms with van der Waals surface area (Å²) in [5.41, 5.74) is 8.93. The highest BCUT2D eigenvalue weighted by Crippen LogP contribution is 2.24. The number of carbonyl (C=O) groups is 1. The van der Waals surface area contributed by atoms with Gasteiger partial charge in [0.25, 0.3) is 5.91 Å². The van der Waals surface area contributed by atoms with Gasteiger partial charge in [-0.25, -0.2) is 0 Å². The summed E-state index contributed by atoms with van der Waals surface area (Å²) in [6, 6.07) is 13.2. The quantitative estimate of drug-likeness (QED) is 0.830. The maximum atomic E-state index is 12.3. The second-order valence-corrected chi connectivity index (χ2v) is 4.83. The number of nitrogen functional groups attached to an aromatic ring is 1. The summed E-state index contributed by atoms with van der Waals surface area (Å²) in [6.45, 7) is 4.84. The van der Waals surface area contributed by atoms with E-state index in [0.717, 1.165) is 11.1 Å². The molecule has 2 rings (SSSR count). The van der Waals surface area contributed by atoms with Gasteiger partial charge in [-0.15, -0.1) is 0 Å². The number of nitrogens with two attached hydrogens (primary N) is 1. The maximum Gasteiger partial charge on any atom is 0.257 e. The Kier molecular flexibility index (Phi) is 4.82. The molecule has 0 radical (unpaired) electrons. The highest BCUT2D eigenvalue weighted by atomic mass is 16.5. The predicted molar refractivity (Wildman–Crippen MR) is 84.4 cm³/mol. The molecule has 0 unspecified atom stereocenters. The highest BCUT2D eigenvalue weighted by molar-refractivity contribution is 6.01. The van der Waals surface area contributed by atoms with E-state index in [9.17, 15) is 4.79 Å². The topological polar surface area (TPSA) is 64.3 Å². The molecule has 3 N–H and O–H groups in total. The lowest BCUT2D eigenvalue weighted by Gasteiger charge is -2.13. The third-order valence-corrected chi connectivity index (χ3v) is 3.12. The standard InChI is InChI=1S/C17H20N2O2/c1-3-21-15-9-5-8-14(18)16(15)17(20)19-11-13-7-4-6-12(2)10-13/h4-10H,3,11,18H2,1-2H3,(H,19,20). The fourth-order valence-electron chi connectivity index (χ4n) is 2.16. The van der Waals surface area contributed by atoms with Crippen molar-refractivity contribution >= 4 is 11.6 Å². The lowest BCUT2D eigenvalue weighted by Crippen LogP contribution is -2.24. The molecule has 0 aliphatic carbocycles. The number of rotatable bonds is 5. The first kappa shape index (κ1) is 14.9. The number of anilines is 1. The second kappa shape index (κ2) is 6.79. The third-order valence-electron chi connectivity index (χ3n) is 3.12. The van der Waals surface area contributed by atoms with Crippen LogP contribution in [-0.2, 0) is 6.54 Å². The summed E-state index contributed by atoms with van der Waals surface area (Å²) in [5, 5.41) is 2.88. The molecule has 0 aliphatic rings. The summed E-state index contributed by atoms with van der Waals surface area (Å²) in [4.78, 5) is 12.3. The summed E-state index contributed by atoms with van der Waals surface area (Å²) < 4.78 is 5.47. The monoisotopic (exact) mass is 284 g/mol. The molecule has 0 atom stereocenters. The number of hydrogen-bond acceptors (Lipinski definition) is 3. The van der Waals surface area contributed by atoms with E-state index in [1.54, 1.807) is 18.2 Å². The SMILES string of the molecule is CCOc1cccc(N)c1C(=O)NCc1cccc(C)c1. The lowest BCUT2D eigenvalue weighted by molar-refractivity contribution is 0.0948. The van der Waals surface area contributed by atoms with Gasteiger partial charge < -0.3 is 15.8 Å². The Balaban J connectivity index is 2.13. The van der Waals surface area contributed by atoms with Gasteiger partial charge in [0.2, 0.25) is 0 Å². The van der Waals surface area contributed by atoms with E-state index in [-0.39, 0.29) is 5.91 Å². The number of amides is 1. The first-order chi connectivity index (χ1) is 10.1. The lowest BCUT2D eigenvalue weighted by atomic mass is 10.1. The zero-order chi connectivity index (χ0) is 15.2. The number of aryl methyl sites for hydroxylation is 1. The van der Waals surface area contributed by atoms with Gasteiger partial charge in [0.1, 0.15) is 11.3 Å². The second-order valence-electron chi connectivity index (χ2n) is 4.83. The van der Waals surface area contributed by atoms with Crippen molar-refractivity contribution in [2.45, 2.75) is 20.4 Å². The van der Waals surface area contributed by atoms with E-state index in [1.165, 1.54) is 0 Å². The highest BCUT2D eigenvalue weighted by Gasteiger charge is 2.15. The van der Waals surface area contributed by atoms with Crippen LogP contribution in [0.2, 0.25) is 0 Å². The van der Waals surface area contributed by atoms with Crippen molar-refractivity contribution in [3.63, 3.8) is 0 Å². The third kappa shape index (κ3) is 3.75. The van der Waals surface area contributed by atoms with Crippen LogP contribution in [0.15, 0.2) is 42.5 Å². The molecule has 0 saturated heterocycles. The molecule has 21 heavy (non-hydrogen) atoms. The largest absolute Gasteiger partial charge is 0.493 e. The van der Waals surface area contributed by atoms with Gasteiger partial charge in [-0.05, 0) is 31.5 Å². The molecule has 0 aromatic heterocycles. The molecule has 0 bridgehead atoms. The summed E-state index contributed by atoms with van der Waals surface area (Å²) >= 11 is 0. The van der Waals surface area contributed by atoms with Crippen molar-refractivity contribution in [1.29, 1.82) is 0 Å². The normalized spacial score (nSPS) is 10.2. The Morgan fingerprint density at radius 3 is 2.71 bits per heavy atom. The number of ether oxygens (including phenoxy) is 1. The van der Waals surface area contributed by atoms with Crippen LogP contribution >= 0.6 is 0 Å². The van der Waals surface area contributed by atoms with Crippen LogP contribution in [0.25, 0.3) is 0 Å². The maximum absolute atomic E-state index is 12.3. The molecule has 4 heteroatoms. The molecule has 0 heterocycles. The summed E-state index contributed by atoms with van der Waals surface area (Å²) in [7, 11) is 0. The van der Waals surface area contributed by atoms with Crippen LogP contribution in [0.4, 0.5) is 5.69 Å². The van der Waals surface area contributed by atoms with Crippen LogP contribution < -0.4 is 15.8 Å². The van der Waals surface area contributed by atoms with Gasteiger partial charge in [0.15, 0.2) is 0 Å². The van der Waals surface area contributed by atoms with Crippen molar-refractivity contribution in [2.24, 2.45) is 0 Å². The van der Waals surface area contributed by atoms with Crippen molar-refractivity contribution in [3.05, 3.63) is 59.2 Å². The number of benzene rings is 2. The summed E-state index contributed by atoms with van der Waals surface area (Å²) in [6.07, 6.45) is 0. The Hall–Kier alpha value is -2.49. The van der Waals surface area contributed by atoms with Crippen molar-refractivity contribution in [1.82, 2.24) is 5.32 Å². The van der Waals surface area contributed by atoms with E-state index < -0.39 is 0 Å². The minimum Gasteiger partial charge on any atom is -0.493 e. The first-order valence-corrected chi connectivity index (χ1v) is 6.97. The van der Waals surface area contributed by atoms with Crippen molar-refractivity contribution < 1.29 is 9.53 Å². The average molecular weight is 284 g/mol. The molecule has 110 valence electrons. The number of carbonyl (C=O) groups excluding carboxylic acids is 1. The molecule has 0 spiro atoms. The fraction of sp³-hybridized carbons (Fsp3) is 0.235. The van der Waals surface area contributed by atoms with Crippen LogP contribution in [0.5, 0.6) is 5.75 Å². The van der Waals surface area contributed by atoms with Gasteiger partial charge in [0, 0.05) is 12.2 Å². The Bertz CT molecular complexity index is 638. The fourth-order valence-corrected chi connectivity index (χ4v) is 2.16. The summed E-state index contributed by atoms with van der Waals surface area (Å²) in [5.74, 6) is 0.289. The van der Waals surface area contributed by atoms with Gasteiger partial charge in [-0.2, -0.15) is 0 Å². The van der Waals surface area contributed by atoms with E-state index in [4.69, 9.17) is 10.5 Å². The molecule has 2 aromatic carbocycles. The van der Waals surface area contributed by atoms with E-state index >= 15 is 0 Å². The van der Waals surface area contributed by atoms with E-state index in [0.29, 0.717) is 30.2 Å². The minimum absolute atomic E-state index is 0.224. The average Bonchev–Trinajstić information content (AvgIpc) is 2.45. The van der Waals surface area contributed by atoms with Crippen LogP contribution in [0.3, 0.4) is 0 Å². The van der Waals surface area contributed by atoms with Gasteiger partial charge >= 0.3 is 0 Å². The Labute approximate surface area is 124 Å². The molecule has 0 aliphatic heterocycles. The smallest absolute Gasteiger partial charge is 0.257 e. The van der Waals surface area contributed by atoms with Gasteiger partial charge in [-0.3, -0.25) is 4.79 Å². The van der Waals surface area contributed by atoms with Crippen molar-refractivity contribution in [3.8, 4) is 5.75 Å². The molecule has 0 fully saturated rings. The van der Waals surface area contributed by atoms with E-state index in [2.05, 4.69) is 5.32 Å². The first-order valence-electron chi connectivity index (χ1n) is 6.97. The minimum atomic E-state index is -0.224. The van der Waals surface area contributed by atoms with Crippen LogP contribution in [-0.4, -0.2) is 12.5 Å². The number of nitrogens with one attached hydrogen (secondary N) is 1. The van der Waals surface area contributed by atoms with Crippen LogP contribution in [0, 0.1) is 6.92 Å². The predicted octanol–water partition coefficient (Wildman–Crippen LogP) is 2.91. The number of hydrogen-bond donors (Lipinski definition) is 2. The van der Waals surface area contributed by atoms with Gasteiger partial charge in [-0.1, -0.05) is 35.9 Å². The van der Waals surface area contributed by atoms with E-state index in [1.807, 2.05) is 38.1 Å². The zero-order valence-electron chi connectivity index (χ0n) is 12.3.